The Hall–Kier alpha value is -2.77. The van der Waals surface area contributed by atoms with Gasteiger partial charge in [0.1, 0.15) is 6.54 Å². The van der Waals surface area contributed by atoms with Crippen LogP contribution in [0.25, 0.3) is 0 Å². The van der Waals surface area contributed by atoms with Crippen molar-refractivity contribution in [3.05, 3.63) is 33.9 Å². The van der Waals surface area contributed by atoms with E-state index in [0.717, 1.165) is 17.0 Å². The van der Waals surface area contributed by atoms with Crippen LogP contribution in [0.5, 0.6) is 0 Å². The van der Waals surface area contributed by atoms with Crippen molar-refractivity contribution in [3.63, 3.8) is 0 Å². The SMILES string of the molecule is NC(=O)CN1C(=O)C(=O)c2cc([N+](=O)[O-])ccc21. The van der Waals surface area contributed by atoms with Gasteiger partial charge in [-0.1, -0.05) is 0 Å². The number of nitro benzene ring substituents is 1. The molecule has 0 fully saturated rings. The summed E-state index contributed by atoms with van der Waals surface area (Å²) >= 11 is 0. The zero-order valence-electron chi connectivity index (χ0n) is 8.95. The first-order chi connectivity index (χ1) is 8.41. The summed E-state index contributed by atoms with van der Waals surface area (Å²) in [6.45, 7) is -0.435. The molecule has 0 saturated heterocycles. The van der Waals surface area contributed by atoms with Crippen molar-refractivity contribution in [1.29, 1.82) is 0 Å². The van der Waals surface area contributed by atoms with E-state index >= 15 is 0 Å². The van der Waals surface area contributed by atoms with E-state index in [1.807, 2.05) is 0 Å². The Morgan fingerprint density at radius 3 is 2.61 bits per heavy atom. The van der Waals surface area contributed by atoms with E-state index in [4.69, 9.17) is 5.73 Å². The number of hydrogen-bond donors (Lipinski definition) is 1. The summed E-state index contributed by atoms with van der Waals surface area (Å²) in [5.41, 5.74) is 4.74. The molecule has 1 aromatic carbocycles. The standard InChI is InChI=1S/C10H7N3O5/c11-8(14)4-12-7-2-1-5(13(17)18)3-6(7)9(15)10(12)16/h1-3H,4H2,(H2,11,14). The first-order valence-electron chi connectivity index (χ1n) is 4.84. The lowest BCUT2D eigenvalue weighted by atomic mass is 10.1. The number of benzene rings is 1. The second-order valence-electron chi connectivity index (χ2n) is 3.65. The molecule has 0 radical (unpaired) electrons. The number of hydrogen-bond acceptors (Lipinski definition) is 5. The van der Waals surface area contributed by atoms with Crippen LogP contribution in [-0.4, -0.2) is 29.1 Å². The van der Waals surface area contributed by atoms with Crippen molar-refractivity contribution >= 4 is 29.0 Å². The molecule has 0 unspecified atom stereocenters. The number of amides is 2. The molecule has 2 rings (SSSR count). The molecule has 1 aromatic rings. The third-order valence-corrected chi connectivity index (χ3v) is 2.48. The molecule has 0 atom stereocenters. The Bertz CT molecular complexity index is 595. The number of nitro groups is 1. The Labute approximate surface area is 100 Å². The lowest BCUT2D eigenvalue weighted by Gasteiger charge is -2.13. The van der Waals surface area contributed by atoms with E-state index < -0.39 is 29.1 Å². The second kappa shape index (κ2) is 3.91. The molecule has 0 saturated carbocycles. The molecule has 92 valence electrons. The Morgan fingerprint density at radius 2 is 2.06 bits per heavy atom. The number of carbonyl (C=O) groups is 3. The van der Waals surface area contributed by atoms with Crippen LogP contribution < -0.4 is 10.6 Å². The van der Waals surface area contributed by atoms with Gasteiger partial charge in [0.15, 0.2) is 0 Å². The highest BCUT2D eigenvalue weighted by Gasteiger charge is 2.37. The molecule has 0 bridgehead atoms. The third-order valence-electron chi connectivity index (χ3n) is 2.48. The van der Waals surface area contributed by atoms with E-state index in [0.29, 0.717) is 0 Å². The number of nitrogens with two attached hydrogens (primary N) is 1. The van der Waals surface area contributed by atoms with Gasteiger partial charge >= 0.3 is 0 Å². The van der Waals surface area contributed by atoms with Crippen LogP contribution in [0.4, 0.5) is 11.4 Å². The number of ketones is 1. The minimum absolute atomic E-state index is 0.0875. The number of fused-ring (bicyclic) bond motifs is 1. The van der Waals surface area contributed by atoms with Crippen LogP contribution in [0.2, 0.25) is 0 Å². The minimum Gasteiger partial charge on any atom is -0.368 e. The second-order valence-corrected chi connectivity index (χ2v) is 3.65. The smallest absolute Gasteiger partial charge is 0.299 e. The first-order valence-corrected chi connectivity index (χ1v) is 4.84. The molecule has 0 aromatic heterocycles. The maximum Gasteiger partial charge on any atom is 0.299 e. The molecule has 1 heterocycles. The molecule has 8 nitrogen and oxygen atoms in total. The highest BCUT2D eigenvalue weighted by Crippen LogP contribution is 2.31. The van der Waals surface area contributed by atoms with Crippen LogP contribution in [0.15, 0.2) is 18.2 Å². The van der Waals surface area contributed by atoms with Gasteiger partial charge in [-0.15, -0.1) is 0 Å². The van der Waals surface area contributed by atoms with E-state index in [1.54, 1.807) is 0 Å². The summed E-state index contributed by atoms with van der Waals surface area (Å²) in [7, 11) is 0. The van der Waals surface area contributed by atoms with E-state index in [9.17, 15) is 24.5 Å². The van der Waals surface area contributed by atoms with Gasteiger partial charge in [0.2, 0.25) is 5.91 Å². The number of primary amides is 1. The topological polar surface area (TPSA) is 124 Å². The number of nitrogens with zero attached hydrogens (tertiary/aromatic N) is 2. The summed E-state index contributed by atoms with van der Waals surface area (Å²) in [5.74, 6) is -2.57. The maximum atomic E-state index is 11.6. The van der Waals surface area contributed by atoms with Gasteiger partial charge in [-0.2, -0.15) is 0 Å². The summed E-state index contributed by atoms with van der Waals surface area (Å²) in [6, 6.07) is 3.41. The number of carbonyl (C=O) groups excluding carboxylic acids is 3. The monoisotopic (exact) mass is 249 g/mol. The average molecular weight is 249 g/mol. The summed E-state index contributed by atoms with van der Waals surface area (Å²) in [5, 5.41) is 10.6. The van der Waals surface area contributed by atoms with Crippen LogP contribution in [0, 0.1) is 10.1 Å². The lowest BCUT2D eigenvalue weighted by Crippen LogP contribution is -2.37. The average Bonchev–Trinajstić information content (AvgIpc) is 2.54. The number of rotatable bonds is 3. The zero-order chi connectivity index (χ0) is 13.4. The van der Waals surface area contributed by atoms with Crippen molar-refractivity contribution in [2.24, 2.45) is 5.73 Å². The largest absolute Gasteiger partial charge is 0.368 e. The van der Waals surface area contributed by atoms with Gasteiger partial charge in [-0.25, -0.2) is 0 Å². The highest BCUT2D eigenvalue weighted by atomic mass is 16.6. The Morgan fingerprint density at radius 1 is 1.39 bits per heavy atom. The normalized spacial score (nSPS) is 13.7. The summed E-state index contributed by atoms with van der Waals surface area (Å²) < 4.78 is 0. The molecular formula is C10H7N3O5. The molecule has 2 amide bonds. The van der Waals surface area contributed by atoms with E-state index in [2.05, 4.69) is 0 Å². The van der Waals surface area contributed by atoms with Crippen LogP contribution in [0.3, 0.4) is 0 Å². The highest BCUT2D eigenvalue weighted by molar-refractivity contribution is 6.52. The number of non-ortho nitro benzene ring substituents is 1. The molecule has 1 aliphatic rings. The molecule has 0 spiro atoms. The predicted molar refractivity (Wildman–Crippen MR) is 59.0 cm³/mol. The molecule has 0 aliphatic carbocycles. The first kappa shape index (κ1) is 11.7. The molecule has 1 aliphatic heterocycles. The fraction of sp³-hybridized carbons (Fsp3) is 0.100. The van der Waals surface area contributed by atoms with Gasteiger partial charge in [0.25, 0.3) is 17.4 Å². The molecule has 2 N–H and O–H groups in total. The van der Waals surface area contributed by atoms with E-state index in [-0.39, 0.29) is 16.9 Å². The van der Waals surface area contributed by atoms with Gasteiger partial charge in [0, 0.05) is 12.1 Å². The molecule has 18 heavy (non-hydrogen) atoms. The van der Waals surface area contributed by atoms with Gasteiger partial charge < -0.3 is 5.73 Å². The predicted octanol–water partition coefficient (Wildman–Crippen LogP) is -0.391. The molecular weight excluding hydrogens is 242 g/mol. The van der Waals surface area contributed by atoms with Crippen LogP contribution >= 0.6 is 0 Å². The van der Waals surface area contributed by atoms with Crippen LogP contribution in [0.1, 0.15) is 10.4 Å². The maximum absolute atomic E-state index is 11.6. The zero-order valence-corrected chi connectivity index (χ0v) is 8.95. The quantitative estimate of drug-likeness (QED) is 0.443. The Kier molecular flexibility index (Phi) is 2.55. The minimum atomic E-state index is -0.913. The summed E-state index contributed by atoms with van der Waals surface area (Å²) in [4.78, 5) is 44.8. The fourth-order valence-electron chi connectivity index (χ4n) is 1.71. The van der Waals surface area contributed by atoms with Crippen molar-refractivity contribution in [2.45, 2.75) is 0 Å². The fourth-order valence-corrected chi connectivity index (χ4v) is 1.71. The number of Topliss-reactive ketones (excluding diaryl/α,β-unsaturated/α-hetero) is 1. The van der Waals surface area contributed by atoms with Gasteiger partial charge in [0.05, 0.1) is 16.2 Å². The van der Waals surface area contributed by atoms with Gasteiger partial charge in [-0.05, 0) is 6.07 Å². The summed E-state index contributed by atoms with van der Waals surface area (Å²) in [6.07, 6.45) is 0. The third kappa shape index (κ3) is 1.69. The van der Waals surface area contributed by atoms with Crippen molar-refractivity contribution < 1.29 is 19.3 Å². The molecule has 8 heteroatoms. The number of anilines is 1. The van der Waals surface area contributed by atoms with Crippen molar-refractivity contribution in [2.75, 3.05) is 11.4 Å². The van der Waals surface area contributed by atoms with E-state index in [1.165, 1.54) is 6.07 Å². The van der Waals surface area contributed by atoms with Gasteiger partial charge in [-0.3, -0.25) is 29.4 Å². The van der Waals surface area contributed by atoms with Crippen molar-refractivity contribution in [3.8, 4) is 0 Å². The van der Waals surface area contributed by atoms with Crippen LogP contribution in [-0.2, 0) is 9.59 Å². The van der Waals surface area contributed by atoms with Crippen molar-refractivity contribution in [1.82, 2.24) is 0 Å². The Balaban J connectivity index is 2.51. The lowest BCUT2D eigenvalue weighted by molar-refractivity contribution is -0.384.